The fourth-order valence-corrected chi connectivity index (χ4v) is 6.11. The maximum Gasteiger partial charge on any atom is 0.416 e. The Kier molecular flexibility index (Phi) is 7.07. The molecule has 4 fully saturated rings. The molecular weight excluding hydrogens is 584 g/mol. The molecule has 216 valence electrons. The van der Waals surface area contributed by atoms with Gasteiger partial charge in [-0.3, -0.25) is 4.98 Å². The molecule has 2 aromatic heterocycles. The summed E-state index contributed by atoms with van der Waals surface area (Å²) in [6.07, 6.45) is 7.35. The van der Waals surface area contributed by atoms with E-state index in [0.29, 0.717) is 52.7 Å². The second-order valence-electron chi connectivity index (χ2n) is 11.1. The number of benzene rings is 1. The van der Waals surface area contributed by atoms with Crippen LogP contribution in [0.1, 0.15) is 71.7 Å². The Labute approximate surface area is 243 Å². The van der Waals surface area contributed by atoms with Crippen LogP contribution in [0.15, 0.2) is 41.2 Å². The quantitative estimate of drug-likeness (QED) is 0.276. The summed E-state index contributed by atoms with van der Waals surface area (Å²) in [5.74, 6) is -0.521. The van der Waals surface area contributed by atoms with Crippen LogP contribution in [0.4, 0.5) is 13.2 Å². The minimum atomic E-state index is -4.70. The lowest BCUT2D eigenvalue weighted by molar-refractivity contribution is -0.181. The molecule has 12 heteroatoms. The molecule has 0 amide bonds. The van der Waals surface area contributed by atoms with E-state index in [1.807, 2.05) is 6.08 Å². The largest absolute Gasteiger partial charge is 0.491 e. The minimum absolute atomic E-state index is 0.0217. The third-order valence-corrected chi connectivity index (χ3v) is 8.78. The molecule has 7 rings (SSSR count). The molecule has 4 aliphatic rings. The van der Waals surface area contributed by atoms with Gasteiger partial charge in [-0.2, -0.15) is 13.2 Å². The van der Waals surface area contributed by atoms with E-state index in [9.17, 15) is 23.1 Å². The Morgan fingerprint density at radius 3 is 2.41 bits per heavy atom. The number of fused-ring (bicyclic) bond motifs is 3. The van der Waals surface area contributed by atoms with Crippen molar-refractivity contribution in [2.24, 2.45) is 5.41 Å². The standard InChI is InChI=1S/C29H25Cl2F3N2O5/c30-21-12-35-13-22(31)23(21)24-20(25(41-36-24)16-1-2-16)3-4-27-5-7-28(8-6-27,40-14-27)15-39-19-10-17(26(37)38)9-18(11-19)29(32,33)34/h3-4,9-13,16H,1-2,5-8,14-15H2,(H,37,38). The monoisotopic (exact) mass is 608 g/mol. The molecule has 4 heterocycles. The first kappa shape index (κ1) is 28.1. The lowest BCUT2D eigenvalue weighted by Crippen LogP contribution is -2.53. The van der Waals surface area contributed by atoms with Crippen LogP contribution in [-0.4, -0.2) is 40.0 Å². The van der Waals surface area contributed by atoms with Gasteiger partial charge in [0.05, 0.1) is 27.8 Å². The van der Waals surface area contributed by atoms with Crippen molar-refractivity contribution in [3.63, 3.8) is 0 Å². The van der Waals surface area contributed by atoms with E-state index >= 15 is 0 Å². The molecule has 0 radical (unpaired) electrons. The number of hydrogen-bond acceptors (Lipinski definition) is 6. The minimum Gasteiger partial charge on any atom is -0.491 e. The molecule has 2 saturated heterocycles. The Bertz CT molecular complexity index is 1490. The van der Waals surface area contributed by atoms with E-state index in [4.69, 9.17) is 37.2 Å². The number of halogens is 5. The van der Waals surface area contributed by atoms with Gasteiger partial charge < -0.3 is 19.1 Å². The van der Waals surface area contributed by atoms with Gasteiger partial charge >= 0.3 is 12.1 Å². The maximum absolute atomic E-state index is 13.3. The molecule has 3 aromatic rings. The average Bonchev–Trinajstić information content (AvgIpc) is 3.71. The fourth-order valence-electron chi connectivity index (χ4n) is 5.56. The zero-order valence-corrected chi connectivity index (χ0v) is 23.2. The maximum atomic E-state index is 13.3. The van der Waals surface area contributed by atoms with Gasteiger partial charge in [-0.1, -0.05) is 40.5 Å². The van der Waals surface area contributed by atoms with Crippen molar-refractivity contribution in [1.29, 1.82) is 0 Å². The SMILES string of the molecule is O=C(O)c1cc(OCC23CCC(C=Cc4c(-c5c(Cl)cncc5Cl)noc4C4CC4)(CC2)CO3)cc(C(F)(F)F)c1. The summed E-state index contributed by atoms with van der Waals surface area (Å²) in [6.45, 7) is 0.430. The van der Waals surface area contributed by atoms with E-state index in [-0.39, 0.29) is 17.8 Å². The first-order valence-corrected chi connectivity index (χ1v) is 13.9. The Hall–Kier alpha value is -3.08. The number of pyridine rings is 1. The van der Waals surface area contributed by atoms with Crippen LogP contribution in [-0.2, 0) is 10.9 Å². The van der Waals surface area contributed by atoms with Gasteiger partial charge in [-0.15, -0.1) is 0 Å². The Morgan fingerprint density at radius 2 is 1.83 bits per heavy atom. The summed E-state index contributed by atoms with van der Waals surface area (Å²) in [5, 5.41) is 14.3. The first-order valence-electron chi connectivity index (χ1n) is 13.2. The molecule has 7 nitrogen and oxygen atoms in total. The van der Waals surface area contributed by atoms with Crippen molar-refractivity contribution in [2.75, 3.05) is 13.2 Å². The highest BCUT2D eigenvalue weighted by Gasteiger charge is 2.49. The number of nitrogens with zero attached hydrogens (tertiary/aromatic N) is 2. The topological polar surface area (TPSA) is 94.7 Å². The molecule has 0 unspecified atom stereocenters. The second kappa shape index (κ2) is 10.3. The van der Waals surface area contributed by atoms with E-state index < -0.39 is 28.9 Å². The second-order valence-corrected chi connectivity index (χ2v) is 11.9. The van der Waals surface area contributed by atoms with Crippen LogP contribution in [0.2, 0.25) is 10.0 Å². The van der Waals surface area contributed by atoms with Crippen molar-refractivity contribution in [1.82, 2.24) is 10.1 Å². The summed E-state index contributed by atoms with van der Waals surface area (Å²) >= 11 is 12.9. The van der Waals surface area contributed by atoms with E-state index in [1.54, 1.807) is 0 Å². The highest BCUT2D eigenvalue weighted by atomic mass is 35.5. The number of alkyl halides is 3. The molecule has 2 aliphatic carbocycles. The van der Waals surface area contributed by atoms with Crippen molar-refractivity contribution in [2.45, 2.75) is 56.2 Å². The summed E-state index contributed by atoms with van der Waals surface area (Å²) in [4.78, 5) is 15.4. The molecule has 1 N–H and O–H groups in total. The summed E-state index contributed by atoms with van der Waals surface area (Å²) in [5.41, 5.74) is -0.498. The molecule has 0 atom stereocenters. The molecule has 41 heavy (non-hydrogen) atoms. The van der Waals surface area contributed by atoms with Gasteiger partial charge in [0.1, 0.15) is 29.4 Å². The summed E-state index contributed by atoms with van der Waals surface area (Å²) < 4.78 is 57.6. The van der Waals surface area contributed by atoms with Crippen LogP contribution in [0, 0.1) is 5.41 Å². The number of hydrogen-bond donors (Lipinski definition) is 1. The third kappa shape index (κ3) is 5.57. The number of carbonyl (C=O) groups is 1. The van der Waals surface area contributed by atoms with E-state index in [0.717, 1.165) is 49.1 Å². The van der Waals surface area contributed by atoms with Gasteiger partial charge in [-0.05, 0) is 56.7 Å². The molecule has 2 bridgehead atoms. The number of aromatic carboxylic acids is 1. The molecule has 2 aliphatic heterocycles. The number of rotatable bonds is 8. The van der Waals surface area contributed by atoms with Gasteiger partial charge in [-0.25, -0.2) is 4.79 Å². The van der Waals surface area contributed by atoms with Crippen molar-refractivity contribution >= 4 is 35.2 Å². The Balaban J connectivity index is 1.19. The van der Waals surface area contributed by atoms with Crippen molar-refractivity contribution in [3.05, 3.63) is 69.2 Å². The number of aromatic nitrogens is 2. The Morgan fingerprint density at radius 1 is 1.12 bits per heavy atom. The van der Waals surface area contributed by atoms with E-state index in [1.165, 1.54) is 12.4 Å². The molecular formula is C29H25Cl2F3N2O5. The smallest absolute Gasteiger partial charge is 0.416 e. The van der Waals surface area contributed by atoms with Crippen molar-refractivity contribution in [3.8, 4) is 17.0 Å². The van der Waals surface area contributed by atoms with Gasteiger partial charge in [0.2, 0.25) is 0 Å². The fraction of sp³-hybridized carbons (Fsp3) is 0.414. The predicted octanol–water partition coefficient (Wildman–Crippen LogP) is 8.06. The van der Waals surface area contributed by atoms with Gasteiger partial charge in [0.25, 0.3) is 0 Å². The number of carboxylic acid groups (broad SMARTS) is 1. The van der Waals surface area contributed by atoms with Gasteiger partial charge in [0, 0.05) is 34.9 Å². The normalized spacial score (nSPS) is 24.2. The lowest BCUT2D eigenvalue weighted by atomic mass is 9.66. The van der Waals surface area contributed by atoms with Crippen LogP contribution in [0.25, 0.3) is 17.3 Å². The molecule has 1 aromatic carbocycles. The van der Waals surface area contributed by atoms with Crippen LogP contribution >= 0.6 is 23.2 Å². The third-order valence-electron chi connectivity index (χ3n) is 8.20. The lowest BCUT2D eigenvalue weighted by Gasteiger charge is -2.51. The van der Waals surface area contributed by atoms with Crippen molar-refractivity contribution < 1.29 is 37.1 Å². The molecule has 0 spiro atoms. The predicted molar refractivity (Wildman–Crippen MR) is 144 cm³/mol. The highest BCUT2D eigenvalue weighted by Crippen LogP contribution is 2.51. The van der Waals surface area contributed by atoms with Crippen LogP contribution in [0.3, 0.4) is 0 Å². The first-order chi connectivity index (χ1) is 19.5. The zero-order chi connectivity index (χ0) is 29.0. The van der Waals surface area contributed by atoms with E-state index in [2.05, 4.69) is 16.2 Å². The summed E-state index contributed by atoms with van der Waals surface area (Å²) in [7, 11) is 0. The van der Waals surface area contributed by atoms with Gasteiger partial charge in [0.15, 0.2) is 0 Å². The highest BCUT2D eigenvalue weighted by molar-refractivity contribution is 6.39. The molecule has 2 saturated carbocycles. The summed E-state index contributed by atoms with van der Waals surface area (Å²) in [6, 6.07) is 2.51. The number of carboxylic acids is 1. The zero-order valence-electron chi connectivity index (χ0n) is 21.6. The average molecular weight is 609 g/mol. The number of ether oxygens (including phenoxy) is 2. The van der Waals surface area contributed by atoms with Crippen LogP contribution < -0.4 is 4.74 Å². The van der Waals surface area contributed by atoms with Crippen LogP contribution in [0.5, 0.6) is 5.75 Å².